The largest absolute Gasteiger partial charge is 1.00 e. The van der Waals surface area contributed by atoms with Gasteiger partial charge in [-0.25, -0.2) is 8.42 Å². The second-order valence-corrected chi connectivity index (χ2v) is 19.3. The van der Waals surface area contributed by atoms with Gasteiger partial charge in [0, 0.05) is 0 Å². The molecular formula is C36H47NaO3S. The van der Waals surface area contributed by atoms with Crippen LogP contribution in [0.2, 0.25) is 0 Å². The quantitative estimate of drug-likeness (QED) is 0.371. The van der Waals surface area contributed by atoms with E-state index >= 15 is 0 Å². The van der Waals surface area contributed by atoms with Gasteiger partial charge >= 0.3 is 29.6 Å². The van der Waals surface area contributed by atoms with Crippen LogP contribution >= 0.6 is 0 Å². The van der Waals surface area contributed by atoms with Gasteiger partial charge in [-0.05, 0) is 202 Å². The maximum atomic E-state index is 13.7. The van der Waals surface area contributed by atoms with Crippen molar-refractivity contribution in [3.8, 4) is 0 Å². The monoisotopic (exact) mass is 582 g/mol. The van der Waals surface area contributed by atoms with Crippen molar-refractivity contribution >= 4 is 10.1 Å². The third-order valence-electron chi connectivity index (χ3n) is 15.2. The van der Waals surface area contributed by atoms with Crippen LogP contribution in [0.25, 0.3) is 0 Å². The van der Waals surface area contributed by atoms with Crippen LogP contribution in [0, 0.1) is 53.3 Å². The predicted octanol–water partition coefficient (Wildman–Crippen LogP) is 5.00. The van der Waals surface area contributed by atoms with Crippen LogP contribution in [-0.2, 0) is 26.4 Å². The molecule has 0 N–H and O–H groups in total. The molecule has 0 unspecified atom stereocenters. The first-order valence-corrected chi connectivity index (χ1v) is 18.7. The molecule has 0 amide bonds. The van der Waals surface area contributed by atoms with Crippen LogP contribution in [0.1, 0.15) is 132 Å². The minimum absolute atomic E-state index is 0. The Bertz CT molecular complexity index is 1220. The Kier molecular flexibility index (Phi) is 5.95. The Balaban J connectivity index is 0.00000240. The van der Waals surface area contributed by atoms with Crippen molar-refractivity contribution in [1.29, 1.82) is 0 Å². The Morgan fingerprint density at radius 3 is 0.976 bits per heavy atom. The molecule has 1 aromatic carbocycles. The maximum absolute atomic E-state index is 13.7. The molecule has 12 aliphatic rings. The van der Waals surface area contributed by atoms with Crippen LogP contribution in [0.15, 0.2) is 17.0 Å². The molecule has 0 aliphatic heterocycles. The molecule has 3 nitrogen and oxygen atoms in total. The summed E-state index contributed by atoms with van der Waals surface area (Å²) in [6.07, 6.45) is 23.0. The molecule has 12 aliphatic carbocycles. The van der Waals surface area contributed by atoms with Crippen molar-refractivity contribution in [1.82, 2.24) is 0 Å². The number of hydrogen-bond acceptors (Lipinski definition) is 3. The van der Waals surface area contributed by atoms with Gasteiger partial charge in [-0.2, -0.15) is 0 Å². The average molecular weight is 583 g/mol. The predicted molar refractivity (Wildman–Crippen MR) is 154 cm³/mol. The fourth-order valence-electron chi connectivity index (χ4n) is 15.3. The molecule has 0 atom stereocenters. The second kappa shape index (κ2) is 8.89. The van der Waals surface area contributed by atoms with E-state index in [4.69, 9.17) is 0 Å². The first-order valence-electron chi connectivity index (χ1n) is 17.3. The number of hydrogen-bond donors (Lipinski definition) is 0. The van der Waals surface area contributed by atoms with Gasteiger partial charge in [-0.15, -0.1) is 0 Å². The van der Waals surface area contributed by atoms with Crippen LogP contribution < -0.4 is 29.6 Å². The molecule has 13 rings (SSSR count). The van der Waals surface area contributed by atoms with Gasteiger partial charge in [-0.3, -0.25) is 0 Å². The number of rotatable bonds is 4. The zero-order valence-corrected chi connectivity index (χ0v) is 28.0. The van der Waals surface area contributed by atoms with E-state index in [1.165, 1.54) is 82.6 Å². The third kappa shape index (κ3) is 3.98. The van der Waals surface area contributed by atoms with Crippen LogP contribution in [0.3, 0.4) is 0 Å². The van der Waals surface area contributed by atoms with Crippen molar-refractivity contribution in [2.24, 2.45) is 53.3 Å². The van der Waals surface area contributed by atoms with E-state index in [9.17, 15) is 13.0 Å². The van der Waals surface area contributed by atoms with E-state index in [2.05, 4.69) is 12.1 Å². The summed E-state index contributed by atoms with van der Waals surface area (Å²) >= 11 is 0. The average Bonchev–Trinajstić information content (AvgIpc) is 2.85. The summed E-state index contributed by atoms with van der Waals surface area (Å²) in [7, 11) is -4.57. The van der Waals surface area contributed by atoms with Crippen molar-refractivity contribution in [3.05, 3.63) is 28.8 Å². The van der Waals surface area contributed by atoms with E-state index < -0.39 is 10.1 Å². The normalized spacial score (nSPS) is 51.8. The first kappa shape index (κ1) is 27.4. The van der Waals surface area contributed by atoms with Gasteiger partial charge < -0.3 is 4.55 Å². The van der Waals surface area contributed by atoms with E-state index in [1.807, 2.05) is 0 Å². The summed E-state index contributed by atoms with van der Waals surface area (Å²) in [6, 6.07) is 4.85. The Morgan fingerprint density at radius 2 is 0.732 bits per heavy atom. The molecule has 0 heterocycles. The molecule has 12 fully saturated rings. The summed E-state index contributed by atoms with van der Waals surface area (Å²) < 4.78 is 41.0. The molecule has 216 valence electrons. The first-order chi connectivity index (χ1) is 19.2. The van der Waals surface area contributed by atoms with Crippen molar-refractivity contribution in [2.75, 3.05) is 0 Å². The molecule has 0 aromatic heterocycles. The molecule has 1 aromatic rings. The third-order valence-corrected chi connectivity index (χ3v) is 16.1. The fourth-order valence-corrected chi connectivity index (χ4v) is 16.4. The van der Waals surface area contributed by atoms with Gasteiger partial charge in [-0.1, -0.05) is 12.1 Å². The van der Waals surface area contributed by atoms with E-state index in [0.717, 1.165) is 103 Å². The summed E-state index contributed by atoms with van der Waals surface area (Å²) in [5.74, 6) is 7.00. The summed E-state index contributed by atoms with van der Waals surface area (Å²) in [6.45, 7) is 0. The zero-order chi connectivity index (χ0) is 26.6. The van der Waals surface area contributed by atoms with E-state index in [0.29, 0.717) is 4.90 Å². The van der Waals surface area contributed by atoms with Gasteiger partial charge in [0.05, 0.1) is 4.90 Å². The van der Waals surface area contributed by atoms with E-state index in [1.54, 1.807) is 0 Å². The van der Waals surface area contributed by atoms with Crippen LogP contribution in [0.5, 0.6) is 0 Å². The molecule has 12 bridgehead atoms. The van der Waals surface area contributed by atoms with Crippen molar-refractivity contribution < 1.29 is 42.5 Å². The van der Waals surface area contributed by atoms with E-state index in [-0.39, 0.29) is 45.8 Å². The fraction of sp³-hybridized carbons (Fsp3) is 0.833. The van der Waals surface area contributed by atoms with Gasteiger partial charge in [0.1, 0.15) is 10.1 Å². The molecule has 41 heavy (non-hydrogen) atoms. The zero-order valence-electron chi connectivity index (χ0n) is 25.2. The molecular weight excluding hydrogens is 535 g/mol. The molecule has 12 saturated carbocycles. The Hall–Kier alpha value is 0.130. The van der Waals surface area contributed by atoms with Crippen molar-refractivity contribution in [2.45, 2.75) is 137 Å². The summed E-state index contributed by atoms with van der Waals surface area (Å²) in [4.78, 5) is 0.324. The van der Waals surface area contributed by atoms with Crippen LogP contribution in [-0.4, -0.2) is 13.0 Å². The summed E-state index contributed by atoms with van der Waals surface area (Å²) in [5, 5.41) is 0. The van der Waals surface area contributed by atoms with Gasteiger partial charge in [0.2, 0.25) is 0 Å². The molecule has 5 heteroatoms. The standard InChI is InChI=1S/C36H48O3S.Na/c37-40(38,39)33-31(35-15-24-4-25(16-35)6-26(5-24)17-35)10-30(34-12-21-1-22(13-34)3-23(2-21)14-34)11-32(33)36-18-27-7-28(19-36)9-29(8-27)20-36;/h10-11,21-29H,1-9,12-20H2,(H,37,38,39);/q;+1/p-1. The minimum Gasteiger partial charge on any atom is -0.744 e. The molecule has 0 radical (unpaired) electrons. The van der Waals surface area contributed by atoms with Crippen molar-refractivity contribution in [3.63, 3.8) is 0 Å². The Labute approximate surface area is 269 Å². The maximum Gasteiger partial charge on any atom is 1.00 e. The molecule has 0 spiro atoms. The minimum atomic E-state index is -4.57. The smallest absolute Gasteiger partial charge is 0.744 e. The topological polar surface area (TPSA) is 57.2 Å². The number of benzene rings is 1. The van der Waals surface area contributed by atoms with Crippen LogP contribution in [0.4, 0.5) is 0 Å². The molecule has 0 saturated heterocycles. The Morgan fingerprint density at radius 1 is 0.488 bits per heavy atom. The van der Waals surface area contributed by atoms with Gasteiger partial charge in [0.25, 0.3) is 0 Å². The second-order valence-electron chi connectivity index (χ2n) is 17.9. The SMILES string of the molecule is O=S(=O)([O-])c1c(C23CC4CC(CC(C4)C2)C3)cc(C23CC4CC(CC(C4)C2)C3)cc1C12CC3CC(CC(C3)C1)C2.[Na+]. The van der Waals surface area contributed by atoms with Gasteiger partial charge in [0.15, 0.2) is 0 Å². The summed E-state index contributed by atoms with van der Waals surface area (Å²) in [5.41, 5.74) is 3.69.